The zero-order valence-corrected chi connectivity index (χ0v) is 9.90. The summed E-state index contributed by atoms with van der Waals surface area (Å²) in [7, 11) is 0. The zero-order chi connectivity index (χ0) is 12.8. The molecule has 0 aliphatic carbocycles. The van der Waals surface area contributed by atoms with Crippen molar-refractivity contribution < 1.29 is 19.1 Å². The molecule has 0 bridgehead atoms. The van der Waals surface area contributed by atoms with Crippen molar-refractivity contribution in [3.63, 3.8) is 0 Å². The number of oxazole rings is 1. The molecule has 1 unspecified atom stereocenters. The molecule has 0 aliphatic heterocycles. The van der Waals surface area contributed by atoms with E-state index in [1.165, 1.54) is 0 Å². The van der Waals surface area contributed by atoms with Gasteiger partial charge in [0.1, 0.15) is 5.76 Å². The lowest BCUT2D eigenvalue weighted by Gasteiger charge is -2.07. The van der Waals surface area contributed by atoms with Gasteiger partial charge < -0.3 is 14.8 Å². The first-order valence-corrected chi connectivity index (χ1v) is 5.37. The van der Waals surface area contributed by atoms with Crippen LogP contribution in [0, 0.1) is 12.8 Å². The van der Waals surface area contributed by atoms with Gasteiger partial charge in [-0.25, -0.2) is 4.98 Å². The van der Waals surface area contributed by atoms with Crippen molar-refractivity contribution in [3.05, 3.63) is 17.8 Å². The smallest absolute Gasteiger partial charge is 0.303 e. The molecule has 1 rings (SSSR count). The summed E-state index contributed by atoms with van der Waals surface area (Å²) in [5.41, 5.74) is 0. The molecule has 1 atom stereocenters. The molecular weight excluding hydrogens is 224 g/mol. The van der Waals surface area contributed by atoms with Crippen molar-refractivity contribution in [2.75, 3.05) is 0 Å². The molecule has 0 radical (unpaired) electrons. The highest BCUT2D eigenvalue weighted by atomic mass is 16.4. The van der Waals surface area contributed by atoms with Gasteiger partial charge in [0.05, 0.1) is 12.7 Å². The number of carboxylic acid groups (broad SMARTS) is 1. The molecule has 1 aromatic heterocycles. The van der Waals surface area contributed by atoms with Crippen molar-refractivity contribution in [2.24, 2.45) is 5.92 Å². The Hall–Kier alpha value is -1.85. The molecule has 1 heterocycles. The Bertz CT molecular complexity index is 400. The number of amides is 1. The Labute approximate surface area is 99.0 Å². The van der Waals surface area contributed by atoms with Crippen LogP contribution in [-0.4, -0.2) is 22.0 Å². The van der Waals surface area contributed by atoms with Crippen LogP contribution < -0.4 is 5.32 Å². The quantitative estimate of drug-likeness (QED) is 0.776. The third kappa shape index (κ3) is 5.14. The maximum absolute atomic E-state index is 11.4. The predicted octanol–water partition coefficient (Wildman–Crippen LogP) is 1.10. The minimum atomic E-state index is -0.895. The topological polar surface area (TPSA) is 92.4 Å². The second-order valence-corrected chi connectivity index (χ2v) is 4.05. The molecule has 94 valence electrons. The molecule has 0 aliphatic rings. The van der Waals surface area contributed by atoms with Crippen LogP contribution in [0.15, 0.2) is 10.6 Å². The number of aliphatic carboxylic acids is 1. The number of hydrogen-bond acceptors (Lipinski definition) is 4. The van der Waals surface area contributed by atoms with Crippen molar-refractivity contribution in [1.82, 2.24) is 10.3 Å². The summed E-state index contributed by atoms with van der Waals surface area (Å²) in [4.78, 5) is 25.8. The predicted molar refractivity (Wildman–Crippen MR) is 59.1 cm³/mol. The summed E-state index contributed by atoms with van der Waals surface area (Å²) in [5.74, 6) is -0.141. The summed E-state index contributed by atoms with van der Waals surface area (Å²) >= 11 is 0. The normalized spacial score (nSPS) is 12.1. The fourth-order valence-corrected chi connectivity index (χ4v) is 1.42. The molecule has 0 fully saturated rings. The summed E-state index contributed by atoms with van der Waals surface area (Å²) in [6.45, 7) is 3.72. The lowest BCUT2D eigenvalue weighted by molar-refractivity contribution is -0.138. The van der Waals surface area contributed by atoms with Crippen LogP contribution in [0.5, 0.6) is 0 Å². The van der Waals surface area contributed by atoms with Gasteiger partial charge in [0.15, 0.2) is 0 Å². The summed E-state index contributed by atoms with van der Waals surface area (Å²) < 4.78 is 5.18. The van der Waals surface area contributed by atoms with Gasteiger partial charge in [0.25, 0.3) is 0 Å². The van der Waals surface area contributed by atoms with E-state index >= 15 is 0 Å². The number of hydrogen-bond donors (Lipinski definition) is 2. The molecular formula is C11H16N2O4. The number of aromatic nitrogens is 1. The van der Waals surface area contributed by atoms with E-state index < -0.39 is 5.97 Å². The lowest BCUT2D eigenvalue weighted by atomic mass is 10.0. The molecule has 0 spiro atoms. The van der Waals surface area contributed by atoms with Gasteiger partial charge in [-0.15, -0.1) is 0 Å². The Balaban J connectivity index is 2.28. The van der Waals surface area contributed by atoms with Crippen LogP contribution in [0.3, 0.4) is 0 Å². The number of aryl methyl sites for hydroxylation is 1. The largest absolute Gasteiger partial charge is 0.481 e. The van der Waals surface area contributed by atoms with E-state index in [2.05, 4.69) is 10.3 Å². The zero-order valence-electron chi connectivity index (χ0n) is 9.90. The molecule has 1 amide bonds. The molecule has 2 N–H and O–H groups in total. The highest BCUT2D eigenvalue weighted by Gasteiger charge is 2.12. The standard InChI is InChI=1S/C11H16N2O4/c1-7(4-11(15)16)3-9(14)12-6-10-13-5-8(2)17-10/h5,7H,3-4,6H2,1-2H3,(H,12,14)(H,15,16). The molecule has 6 nitrogen and oxygen atoms in total. The number of nitrogens with zero attached hydrogens (tertiary/aromatic N) is 1. The fraction of sp³-hybridized carbons (Fsp3) is 0.545. The van der Waals surface area contributed by atoms with Gasteiger partial charge in [-0.2, -0.15) is 0 Å². The van der Waals surface area contributed by atoms with Crippen LogP contribution in [-0.2, 0) is 16.1 Å². The van der Waals surface area contributed by atoms with Gasteiger partial charge in [0, 0.05) is 12.8 Å². The highest BCUT2D eigenvalue weighted by molar-refractivity contribution is 5.77. The van der Waals surface area contributed by atoms with Crippen molar-refractivity contribution in [3.8, 4) is 0 Å². The Kier molecular flexibility index (Phi) is 4.68. The third-order valence-corrected chi connectivity index (χ3v) is 2.16. The monoisotopic (exact) mass is 240 g/mol. The minimum absolute atomic E-state index is 0.00840. The van der Waals surface area contributed by atoms with E-state index in [4.69, 9.17) is 9.52 Å². The molecule has 0 saturated carbocycles. The molecule has 6 heteroatoms. The Morgan fingerprint density at radius 2 is 2.24 bits per heavy atom. The maximum Gasteiger partial charge on any atom is 0.303 e. The second-order valence-electron chi connectivity index (χ2n) is 4.05. The van der Waals surface area contributed by atoms with Crippen LogP contribution in [0.2, 0.25) is 0 Å². The fourth-order valence-electron chi connectivity index (χ4n) is 1.42. The van der Waals surface area contributed by atoms with Gasteiger partial charge in [0.2, 0.25) is 11.8 Å². The summed E-state index contributed by atoms with van der Waals surface area (Å²) in [6.07, 6.45) is 1.76. The SMILES string of the molecule is Cc1cnc(CNC(=O)CC(C)CC(=O)O)o1. The van der Waals surface area contributed by atoms with Crippen LogP contribution in [0.1, 0.15) is 31.4 Å². The number of rotatable bonds is 6. The number of nitrogens with one attached hydrogen (secondary N) is 1. The first-order valence-electron chi connectivity index (χ1n) is 5.37. The van der Waals surface area contributed by atoms with Crippen molar-refractivity contribution >= 4 is 11.9 Å². The number of carbonyl (C=O) groups is 2. The van der Waals surface area contributed by atoms with Gasteiger partial charge >= 0.3 is 5.97 Å². The van der Waals surface area contributed by atoms with Crippen LogP contribution >= 0.6 is 0 Å². The van der Waals surface area contributed by atoms with E-state index in [-0.39, 0.29) is 31.2 Å². The maximum atomic E-state index is 11.4. The first kappa shape index (κ1) is 13.2. The van der Waals surface area contributed by atoms with Crippen molar-refractivity contribution in [2.45, 2.75) is 33.2 Å². The third-order valence-electron chi connectivity index (χ3n) is 2.16. The van der Waals surface area contributed by atoms with Crippen LogP contribution in [0.25, 0.3) is 0 Å². The van der Waals surface area contributed by atoms with E-state index in [1.54, 1.807) is 20.0 Å². The molecule has 0 aromatic carbocycles. The molecule has 0 saturated heterocycles. The van der Waals surface area contributed by atoms with Gasteiger partial charge in [-0.3, -0.25) is 9.59 Å². The molecule has 17 heavy (non-hydrogen) atoms. The van der Waals surface area contributed by atoms with Crippen LogP contribution in [0.4, 0.5) is 0 Å². The first-order chi connectivity index (χ1) is 7.97. The Morgan fingerprint density at radius 1 is 1.53 bits per heavy atom. The summed E-state index contributed by atoms with van der Waals surface area (Å²) in [6, 6.07) is 0. The highest BCUT2D eigenvalue weighted by Crippen LogP contribution is 2.07. The van der Waals surface area contributed by atoms with E-state index in [9.17, 15) is 9.59 Å². The van der Waals surface area contributed by atoms with Crippen molar-refractivity contribution in [1.29, 1.82) is 0 Å². The minimum Gasteiger partial charge on any atom is -0.481 e. The van der Waals surface area contributed by atoms with E-state index in [0.717, 1.165) is 0 Å². The number of carboxylic acids is 1. The summed E-state index contributed by atoms with van der Waals surface area (Å²) in [5, 5.41) is 11.2. The van der Waals surface area contributed by atoms with E-state index in [0.29, 0.717) is 11.7 Å². The number of carbonyl (C=O) groups excluding carboxylic acids is 1. The average molecular weight is 240 g/mol. The Morgan fingerprint density at radius 3 is 2.76 bits per heavy atom. The molecule has 1 aromatic rings. The van der Waals surface area contributed by atoms with Gasteiger partial charge in [-0.1, -0.05) is 6.92 Å². The lowest BCUT2D eigenvalue weighted by Crippen LogP contribution is -2.25. The second kappa shape index (κ2) is 6.03. The van der Waals surface area contributed by atoms with E-state index in [1.807, 2.05) is 0 Å². The van der Waals surface area contributed by atoms with Gasteiger partial charge in [-0.05, 0) is 12.8 Å². The average Bonchev–Trinajstić information content (AvgIpc) is 2.59.